The van der Waals surface area contributed by atoms with Crippen LogP contribution in [0.2, 0.25) is 5.02 Å². The molecular formula is C22H22ClNO7. The third-order valence-electron chi connectivity index (χ3n) is 3.69. The molecule has 9 heteroatoms. The quantitative estimate of drug-likeness (QED) is 0.316. The van der Waals surface area contributed by atoms with E-state index in [4.69, 9.17) is 30.5 Å². The van der Waals surface area contributed by atoms with Crippen molar-refractivity contribution in [3.05, 3.63) is 66.2 Å². The molecule has 0 bridgehead atoms. The second kappa shape index (κ2) is 12.2. The van der Waals surface area contributed by atoms with Crippen molar-refractivity contribution in [2.75, 3.05) is 19.8 Å². The van der Waals surface area contributed by atoms with Crippen molar-refractivity contribution in [1.82, 2.24) is 5.32 Å². The van der Waals surface area contributed by atoms with E-state index in [0.29, 0.717) is 22.3 Å². The summed E-state index contributed by atoms with van der Waals surface area (Å²) in [5.74, 6) is -0.534. The second-order valence-corrected chi connectivity index (χ2v) is 6.45. The summed E-state index contributed by atoms with van der Waals surface area (Å²) in [7, 11) is 0. The molecule has 1 atom stereocenters. The Morgan fingerprint density at radius 1 is 1.06 bits per heavy atom. The van der Waals surface area contributed by atoms with Gasteiger partial charge in [0.2, 0.25) is 0 Å². The highest BCUT2D eigenvalue weighted by Gasteiger charge is 2.29. The Balaban J connectivity index is 2.00. The lowest BCUT2D eigenvalue weighted by atomic mass is 10.2. The molecule has 8 nitrogen and oxygen atoms in total. The molecule has 0 aromatic heterocycles. The standard InChI is InChI=1S/C22H22ClNO7/c1-3-12-29-22(27)24-19(20(25)21(26)28-4-2)14-30-16-8-10-17(11-9-16)31-18-7-5-6-15(23)13-18/h3,5-11,13,19H,1,4,12,14H2,2H3,(H,24,27). The van der Waals surface area contributed by atoms with Crippen molar-refractivity contribution in [2.24, 2.45) is 0 Å². The van der Waals surface area contributed by atoms with Gasteiger partial charge in [0.25, 0.3) is 5.78 Å². The van der Waals surface area contributed by atoms with Crippen LogP contribution in [0, 0.1) is 0 Å². The number of benzene rings is 2. The molecule has 0 aliphatic heterocycles. The fourth-order valence-corrected chi connectivity index (χ4v) is 2.48. The van der Waals surface area contributed by atoms with Crippen molar-refractivity contribution >= 4 is 29.4 Å². The van der Waals surface area contributed by atoms with Crippen molar-refractivity contribution in [3.63, 3.8) is 0 Å². The SMILES string of the molecule is C=CCOC(=O)NC(COc1ccc(Oc2cccc(Cl)c2)cc1)C(=O)C(=O)OCC. The van der Waals surface area contributed by atoms with Crippen LogP contribution >= 0.6 is 11.6 Å². The first-order valence-electron chi connectivity index (χ1n) is 9.34. The number of carbonyl (C=O) groups excluding carboxylic acids is 3. The van der Waals surface area contributed by atoms with Crippen LogP contribution in [-0.4, -0.2) is 43.7 Å². The highest BCUT2D eigenvalue weighted by Crippen LogP contribution is 2.25. The van der Waals surface area contributed by atoms with Crippen LogP contribution in [0.25, 0.3) is 0 Å². The van der Waals surface area contributed by atoms with Gasteiger partial charge in [-0.2, -0.15) is 0 Å². The number of hydrogen-bond acceptors (Lipinski definition) is 7. The fraction of sp³-hybridized carbons (Fsp3) is 0.227. The van der Waals surface area contributed by atoms with E-state index in [9.17, 15) is 14.4 Å². The molecule has 1 unspecified atom stereocenters. The molecule has 164 valence electrons. The minimum atomic E-state index is -1.29. The third kappa shape index (κ3) is 8.02. The van der Waals surface area contributed by atoms with Gasteiger partial charge in [0.05, 0.1) is 6.61 Å². The summed E-state index contributed by atoms with van der Waals surface area (Å²) in [6, 6.07) is 12.2. The number of nitrogens with one attached hydrogen (secondary N) is 1. The Morgan fingerprint density at radius 2 is 1.77 bits per heavy atom. The molecule has 0 aliphatic carbocycles. The fourth-order valence-electron chi connectivity index (χ4n) is 2.30. The van der Waals surface area contributed by atoms with Crippen LogP contribution in [-0.2, 0) is 19.1 Å². The predicted octanol–water partition coefficient (Wildman–Crippen LogP) is 3.92. The van der Waals surface area contributed by atoms with Gasteiger partial charge in [-0.25, -0.2) is 9.59 Å². The molecule has 1 amide bonds. The zero-order valence-corrected chi connectivity index (χ0v) is 17.6. The summed E-state index contributed by atoms with van der Waals surface area (Å²) < 4.78 is 20.7. The number of hydrogen-bond donors (Lipinski definition) is 1. The molecule has 0 aliphatic rings. The average Bonchev–Trinajstić information content (AvgIpc) is 2.76. The molecule has 2 aromatic carbocycles. The molecule has 0 heterocycles. The largest absolute Gasteiger partial charge is 0.491 e. The van der Waals surface area contributed by atoms with Crippen LogP contribution < -0.4 is 14.8 Å². The number of esters is 1. The van der Waals surface area contributed by atoms with Gasteiger partial charge in [0.15, 0.2) is 0 Å². The number of ketones is 1. The van der Waals surface area contributed by atoms with Crippen LogP contribution in [0.4, 0.5) is 4.79 Å². The van der Waals surface area contributed by atoms with Gasteiger partial charge in [-0.05, 0) is 49.4 Å². The van der Waals surface area contributed by atoms with Gasteiger partial charge in [-0.15, -0.1) is 0 Å². The van der Waals surface area contributed by atoms with E-state index in [1.807, 2.05) is 0 Å². The van der Waals surface area contributed by atoms with Crippen molar-refractivity contribution < 1.29 is 33.3 Å². The average molecular weight is 448 g/mol. The van der Waals surface area contributed by atoms with Gasteiger partial charge in [0.1, 0.15) is 36.5 Å². The molecule has 1 N–H and O–H groups in total. The topological polar surface area (TPSA) is 100 Å². The summed E-state index contributed by atoms with van der Waals surface area (Å²) in [5, 5.41) is 2.84. The van der Waals surface area contributed by atoms with Gasteiger partial charge >= 0.3 is 12.1 Å². The predicted molar refractivity (Wildman–Crippen MR) is 114 cm³/mol. The monoisotopic (exact) mass is 447 g/mol. The van der Waals surface area contributed by atoms with Crippen LogP contribution in [0.3, 0.4) is 0 Å². The lowest BCUT2D eigenvalue weighted by Crippen LogP contribution is -2.48. The van der Waals surface area contributed by atoms with Gasteiger partial charge in [0, 0.05) is 5.02 Å². The number of carbonyl (C=O) groups is 3. The summed E-state index contributed by atoms with van der Waals surface area (Å²) in [6.45, 7) is 4.65. The van der Waals surface area contributed by atoms with Crippen LogP contribution in [0.1, 0.15) is 6.92 Å². The van der Waals surface area contributed by atoms with Crippen LogP contribution in [0.15, 0.2) is 61.2 Å². The molecule has 0 radical (unpaired) electrons. The Bertz CT molecular complexity index is 914. The number of halogens is 1. The van der Waals surface area contributed by atoms with Gasteiger partial charge in [-0.1, -0.05) is 30.3 Å². The zero-order valence-electron chi connectivity index (χ0n) is 16.8. The molecule has 31 heavy (non-hydrogen) atoms. The number of ether oxygens (including phenoxy) is 4. The summed E-state index contributed by atoms with van der Waals surface area (Å²) in [6.07, 6.45) is 0.474. The smallest absolute Gasteiger partial charge is 0.408 e. The molecule has 0 fully saturated rings. The van der Waals surface area contributed by atoms with E-state index in [0.717, 1.165) is 0 Å². The van der Waals surface area contributed by atoms with E-state index in [2.05, 4.69) is 11.9 Å². The first kappa shape index (κ1) is 23.8. The van der Waals surface area contributed by atoms with Crippen molar-refractivity contribution in [2.45, 2.75) is 13.0 Å². The number of alkyl carbamates (subject to hydrolysis) is 1. The Morgan fingerprint density at radius 3 is 2.42 bits per heavy atom. The highest BCUT2D eigenvalue weighted by molar-refractivity contribution is 6.36. The minimum Gasteiger partial charge on any atom is -0.491 e. The molecule has 2 aromatic rings. The van der Waals surface area contributed by atoms with E-state index >= 15 is 0 Å². The second-order valence-electron chi connectivity index (χ2n) is 6.01. The van der Waals surface area contributed by atoms with E-state index < -0.39 is 23.9 Å². The van der Waals surface area contributed by atoms with Gasteiger partial charge < -0.3 is 24.3 Å². The lowest BCUT2D eigenvalue weighted by Gasteiger charge is -2.17. The third-order valence-corrected chi connectivity index (χ3v) is 3.92. The van der Waals surface area contributed by atoms with E-state index in [1.54, 1.807) is 55.5 Å². The molecule has 0 spiro atoms. The number of amides is 1. The first-order valence-corrected chi connectivity index (χ1v) is 9.72. The molecule has 0 saturated heterocycles. The summed E-state index contributed by atoms with van der Waals surface area (Å²) in [5.41, 5.74) is 0. The summed E-state index contributed by atoms with van der Waals surface area (Å²) >= 11 is 5.93. The molecule has 2 rings (SSSR count). The maximum atomic E-state index is 12.3. The minimum absolute atomic E-state index is 0.0210. The number of Topliss-reactive ketones (excluding diaryl/α,β-unsaturated/α-hetero) is 1. The highest BCUT2D eigenvalue weighted by atomic mass is 35.5. The molecular weight excluding hydrogens is 426 g/mol. The Kier molecular flexibility index (Phi) is 9.38. The lowest BCUT2D eigenvalue weighted by molar-refractivity contribution is -0.154. The Labute approximate surface area is 184 Å². The van der Waals surface area contributed by atoms with Crippen molar-refractivity contribution in [3.8, 4) is 17.2 Å². The first-order chi connectivity index (χ1) is 14.9. The number of rotatable bonds is 11. The Hall–Kier alpha value is -3.52. The van der Waals surface area contributed by atoms with Gasteiger partial charge in [-0.3, -0.25) is 4.79 Å². The van der Waals surface area contributed by atoms with Crippen molar-refractivity contribution in [1.29, 1.82) is 0 Å². The maximum Gasteiger partial charge on any atom is 0.408 e. The van der Waals surface area contributed by atoms with Crippen LogP contribution in [0.5, 0.6) is 17.2 Å². The van der Waals surface area contributed by atoms with E-state index in [-0.39, 0.29) is 19.8 Å². The normalized spacial score (nSPS) is 11.0. The van der Waals surface area contributed by atoms with E-state index in [1.165, 1.54) is 6.08 Å². The summed E-state index contributed by atoms with van der Waals surface area (Å²) in [4.78, 5) is 35.8. The zero-order chi connectivity index (χ0) is 22.6. The molecule has 0 saturated carbocycles. The maximum absolute atomic E-state index is 12.3.